The van der Waals surface area contributed by atoms with Crippen molar-refractivity contribution in [2.24, 2.45) is 5.92 Å². The first-order valence-electron chi connectivity index (χ1n) is 23.3. The zero-order valence-corrected chi connectivity index (χ0v) is 37.1. The van der Waals surface area contributed by atoms with Gasteiger partial charge in [0.2, 0.25) is 0 Å². The highest BCUT2D eigenvalue weighted by molar-refractivity contribution is 6.88. The van der Waals surface area contributed by atoms with Crippen LogP contribution in [0, 0.1) is 5.92 Å². The molecule has 0 fully saturated rings. The first-order chi connectivity index (χ1) is 30.2. The predicted octanol–water partition coefficient (Wildman–Crippen LogP) is 13.9. The molecule has 4 atom stereocenters. The van der Waals surface area contributed by atoms with Gasteiger partial charge >= 0.3 is 6.85 Å². The molecular weight excluding hydrogens is 751 g/mol. The van der Waals surface area contributed by atoms with E-state index in [-0.39, 0.29) is 18.2 Å². The molecule has 62 heavy (non-hydrogen) atoms. The van der Waals surface area contributed by atoms with Gasteiger partial charge in [0.25, 0.3) is 0 Å². The molecule has 0 amide bonds. The smallest absolute Gasteiger partial charge is 0.332 e. The summed E-state index contributed by atoms with van der Waals surface area (Å²) >= 11 is 0. The first-order valence-corrected chi connectivity index (χ1v) is 23.3. The predicted molar refractivity (Wildman–Crippen MR) is 260 cm³/mol. The number of anilines is 4. The van der Waals surface area contributed by atoms with E-state index < -0.39 is 11.0 Å². The number of unbranched alkanes of at least 4 members (excludes halogenated alkanes) is 2. The third kappa shape index (κ3) is 4.84. The molecule has 4 heteroatoms. The Labute approximate surface area is 368 Å². The average molecular weight is 807 g/mol. The number of nitrogens with zero attached hydrogens (tertiary/aromatic N) is 2. The van der Waals surface area contributed by atoms with E-state index in [1.807, 2.05) is 0 Å². The van der Waals surface area contributed by atoms with E-state index in [1.165, 1.54) is 115 Å². The quantitative estimate of drug-likeness (QED) is 0.113. The van der Waals surface area contributed by atoms with E-state index in [0.29, 0.717) is 0 Å². The summed E-state index contributed by atoms with van der Waals surface area (Å²) in [5.41, 5.74) is 20.0. The molecule has 0 aromatic heterocycles. The maximum absolute atomic E-state index is 7.55. The number of hydrogen-bond donors (Lipinski definition) is 0. The Morgan fingerprint density at radius 1 is 0.645 bits per heavy atom. The Morgan fingerprint density at radius 3 is 2.06 bits per heavy atom. The summed E-state index contributed by atoms with van der Waals surface area (Å²) in [6.07, 6.45) is 12.0. The molecule has 4 heterocycles. The van der Waals surface area contributed by atoms with Gasteiger partial charge in [0.05, 0.1) is 11.0 Å². The molecule has 2 aliphatic carbocycles. The molecule has 6 aliphatic rings. The molecule has 4 aliphatic heterocycles. The van der Waals surface area contributed by atoms with E-state index in [4.69, 9.17) is 4.74 Å². The lowest BCUT2D eigenvalue weighted by atomic mass is 9.34. The molecule has 0 N–H and O–H groups in total. The average Bonchev–Trinajstić information content (AvgIpc) is 3.61. The second kappa shape index (κ2) is 13.5. The van der Waals surface area contributed by atoms with E-state index in [2.05, 4.69) is 197 Å². The molecule has 0 saturated heterocycles. The van der Waals surface area contributed by atoms with Gasteiger partial charge in [0, 0.05) is 39.3 Å². The van der Waals surface area contributed by atoms with Crippen LogP contribution in [0.3, 0.4) is 0 Å². The standard InChI is InChI=1S/C58H55BN2O/c1-7-9-19-38-27-29-47-43(33-38)44-35-41(40-21-13-11-14-22-40)36-49-52(44)59(61(47)42-23-15-12-16-24-42)54-55-57(5,45-25-17-18-26-50(45)62-55)51-37(3)31-32-56(4)46-34-39(20-10-8-2)28-30-48(46)60(49)58(54,6)53(51)56/h11-18,21-37H,7-10,19-20H2,1-6H3. The molecule has 306 valence electrons. The minimum atomic E-state index is -0.576. The van der Waals surface area contributed by atoms with Crippen molar-refractivity contribution < 1.29 is 4.74 Å². The maximum Gasteiger partial charge on any atom is 0.332 e. The topological polar surface area (TPSA) is 15.7 Å². The van der Waals surface area contributed by atoms with Crippen molar-refractivity contribution in [1.82, 2.24) is 0 Å². The van der Waals surface area contributed by atoms with Gasteiger partial charge in [-0.15, -0.1) is 0 Å². The van der Waals surface area contributed by atoms with Crippen LogP contribution in [0.4, 0.5) is 22.7 Å². The highest BCUT2D eigenvalue weighted by atomic mass is 16.5. The lowest BCUT2D eigenvalue weighted by molar-refractivity contribution is 0.342. The molecule has 0 saturated carbocycles. The van der Waals surface area contributed by atoms with E-state index >= 15 is 0 Å². The number of benzene rings is 6. The number of rotatable bonds is 8. The van der Waals surface area contributed by atoms with Crippen molar-refractivity contribution in [3.63, 3.8) is 0 Å². The summed E-state index contributed by atoms with van der Waals surface area (Å²) in [5.74, 6) is 2.30. The summed E-state index contributed by atoms with van der Waals surface area (Å²) in [7, 11) is 0. The molecule has 3 nitrogen and oxygen atoms in total. The number of hydrogen-bond acceptors (Lipinski definition) is 3. The van der Waals surface area contributed by atoms with Gasteiger partial charge in [-0.05, 0) is 156 Å². The Kier molecular flexibility index (Phi) is 8.22. The highest BCUT2D eigenvalue weighted by Gasteiger charge is 2.69. The van der Waals surface area contributed by atoms with Crippen LogP contribution in [0.2, 0.25) is 0 Å². The van der Waals surface area contributed by atoms with E-state index in [1.54, 1.807) is 0 Å². The lowest BCUT2D eigenvalue weighted by Gasteiger charge is -2.65. The van der Waals surface area contributed by atoms with Crippen molar-refractivity contribution in [2.45, 2.75) is 96.4 Å². The van der Waals surface area contributed by atoms with Crippen molar-refractivity contribution in [1.29, 1.82) is 0 Å². The molecular formula is C58H55BN2O. The van der Waals surface area contributed by atoms with Gasteiger partial charge < -0.3 is 14.4 Å². The number of allylic oxidation sites excluding steroid dienone is 3. The minimum Gasteiger partial charge on any atom is -0.461 e. The Morgan fingerprint density at radius 2 is 1.32 bits per heavy atom. The van der Waals surface area contributed by atoms with Crippen LogP contribution in [0.5, 0.6) is 5.75 Å². The monoisotopic (exact) mass is 806 g/mol. The van der Waals surface area contributed by atoms with Gasteiger partial charge in [-0.1, -0.05) is 131 Å². The third-order valence-electron chi connectivity index (χ3n) is 15.8. The normalized spacial score (nSPS) is 24.2. The number of fused-ring (bicyclic) bond motifs is 11. The van der Waals surface area contributed by atoms with Gasteiger partial charge in [-0.25, -0.2) is 0 Å². The molecule has 4 unspecified atom stereocenters. The van der Waals surface area contributed by atoms with Crippen molar-refractivity contribution in [3.05, 3.63) is 190 Å². The fourth-order valence-corrected chi connectivity index (χ4v) is 13.0. The SMILES string of the molecule is CCCCc1ccc2c(c1)-c1cc(-c3ccccc3)cc3c1B(C1=C4Oc5ccccc5C4(C)C4=C5C(C)(C=CC4C)c4cc(CCCC)ccc4N3C15C)N2c1ccccc1. The van der Waals surface area contributed by atoms with Crippen LogP contribution < -0.4 is 19.9 Å². The van der Waals surface area contributed by atoms with E-state index in [0.717, 1.165) is 24.4 Å². The van der Waals surface area contributed by atoms with Gasteiger partial charge in [0.1, 0.15) is 11.5 Å². The summed E-state index contributed by atoms with van der Waals surface area (Å²) in [4.78, 5) is 5.50. The van der Waals surface area contributed by atoms with Crippen molar-refractivity contribution >= 4 is 35.1 Å². The first kappa shape index (κ1) is 37.7. The van der Waals surface area contributed by atoms with E-state index in [9.17, 15) is 0 Å². The van der Waals surface area contributed by atoms with Crippen LogP contribution in [-0.4, -0.2) is 12.4 Å². The van der Waals surface area contributed by atoms with Crippen molar-refractivity contribution in [2.75, 3.05) is 9.71 Å². The second-order valence-corrected chi connectivity index (χ2v) is 19.4. The summed E-state index contributed by atoms with van der Waals surface area (Å²) in [5, 5.41) is 0. The summed E-state index contributed by atoms with van der Waals surface area (Å²) < 4.78 is 7.55. The summed E-state index contributed by atoms with van der Waals surface area (Å²) in [6, 6.07) is 51.1. The Balaban J connectivity index is 1.28. The fraction of sp³-hybridized carbons (Fsp3) is 0.276. The highest BCUT2D eigenvalue weighted by Crippen LogP contribution is 2.70. The van der Waals surface area contributed by atoms with Crippen LogP contribution in [0.25, 0.3) is 22.3 Å². The minimum absolute atomic E-state index is 0.143. The largest absolute Gasteiger partial charge is 0.461 e. The fourth-order valence-electron chi connectivity index (χ4n) is 13.0. The maximum atomic E-state index is 7.55. The number of aryl methyl sites for hydroxylation is 2. The van der Waals surface area contributed by atoms with Crippen molar-refractivity contribution in [3.8, 4) is 28.0 Å². The van der Waals surface area contributed by atoms with Crippen LogP contribution in [-0.2, 0) is 23.7 Å². The lowest BCUT2D eigenvalue weighted by Crippen LogP contribution is -2.71. The van der Waals surface area contributed by atoms with Gasteiger partial charge in [-0.2, -0.15) is 0 Å². The number of ether oxygens (including phenoxy) is 1. The zero-order chi connectivity index (χ0) is 42.1. The molecule has 0 spiro atoms. The molecule has 0 bridgehead atoms. The van der Waals surface area contributed by atoms with Crippen LogP contribution >= 0.6 is 0 Å². The molecule has 0 radical (unpaired) electrons. The zero-order valence-electron chi connectivity index (χ0n) is 37.1. The van der Waals surface area contributed by atoms with Gasteiger partial charge in [0.15, 0.2) is 0 Å². The Hall–Kier alpha value is -6.00. The molecule has 6 aromatic rings. The van der Waals surface area contributed by atoms with Gasteiger partial charge in [-0.3, -0.25) is 0 Å². The molecule has 12 rings (SSSR count). The van der Waals surface area contributed by atoms with Crippen LogP contribution in [0.15, 0.2) is 168 Å². The Bertz CT molecular complexity index is 2950. The van der Waals surface area contributed by atoms with Crippen LogP contribution in [0.1, 0.15) is 89.5 Å². The number of para-hydroxylation sites is 2. The summed E-state index contributed by atoms with van der Waals surface area (Å²) in [6.45, 7) is 14.5. The molecule has 6 aromatic carbocycles. The second-order valence-electron chi connectivity index (χ2n) is 19.4. The third-order valence-corrected chi connectivity index (χ3v) is 15.8.